The number of benzene rings is 1. The minimum absolute atomic E-state index is 0.368. The van der Waals surface area contributed by atoms with Crippen molar-refractivity contribution in [3.8, 4) is 11.5 Å². The molecule has 0 aliphatic rings. The Morgan fingerprint density at radius 2 is 1.90 bits per heavy atom. The Kier molecular flexibility index (Phi) is 4.75. The highest BCUT2D eigenvalue weighted by Crippen LogP contribution is 2.23. The van der Waals surface area contributed by atoms with Gasteiger partial charge >= 0.3 is 0 Å². The average molecular weight is 289 g/mol. The Labute approximate surface area is 125 Å². The van der Waals surface area contributed by atoms with E-state index in [9.17, 15) is 0 Å². The summed E-state index contributed by atoms with van der Waals surface area (Å²) < 4.78 is 10.9. The SMILES string of the molecule is CCCOCC(C)(N)c1noc(-c2cc(C)cc(C)c2)n1. The van der Waals surface area contributed by atoms with Crippen LogP contribution in [-0.2, 0) is 10.3 Å². The van der Waals surface area contributed by atoms with Gasteiger partial charge in [-0.15, -0.1) is 0 Å². The van der Waals surface area contributed by atoms with Crippen molar-refractivity contribution in [2.24, 2.45) is 5.73 Å². The second-order valence-corrected chi connectivity index (χ2v) is 5.77. The third-order valence-electron chi connectivity index (χ3n) is 3.16. The fraction of sp³-hybridized carbons (Fsp3) is 0.500. The number of nitrogens with zero attached hydrogens (tertiary/aromatic N) is 2. The van der Waals surface area contributed by atoms with Crippen molar-refractivity contribution >= 4 is 0 Å². The van der Waals surface area contributed by atoms with E-state index in [2.05, 4.69) is 23.1 Å². The van der Waals surface area contributed by atoms with Crippen LogP contribution >= 0.6 is 0 Å². The molecule has 0 bridgehead atoms. The van der Waals surface area contributed by atoms with Crippen molar-refractivity contribution < 1.29 is 9.26 Å². The smallest absolute Gasteiger partial charge is 0.258 e. The molecule has 2 aromatic rings. The third-order valence-corrected chi connectivity index (χ3v) is 3.16. The lowest BCUT2D eigenvalue weighted by atomic mass is 10.0. The number of rotatable bonds is 6. The third kappa shape index (κ3) is 3.89. The molecule has 1 heterocycles. The largest absolute Gasteiger partial charge is 0.379 e. The lowest BCUT2D eigenvalue weighted by Gasteiger charge is -2.19. The predicted octanol–water partition coefficient (Wildman–Crippen LogP) is 2.95. The van der Waals surface area contributed by atoms with E-state index < -0.39 is 5.54 Å². The molecule has 1 aromatic heterocycles. The van der Waals surface area contributed by atoms with Gasteiger partial charge in [-0.1, -0.05) is 29.3 Å². The van der Waals surface area contributed by atoms with Crippen molar-refractivity contribution in [1.29, 1.82) is 0 Å². The van der Waals surface area contributed by atoms with E-state index in [1.807, 2.05) is 32.9 Å². The van der Waals surface area contributed by atoms with Crippen LogP contribution in [-0.4, -0.2) is 23.4 Å². The maximum Gasteiger partial charge on any atom is 0.258 e. The van der Waals surface area contributed by atoms with Gasteiger partial charge in [-0.25, -0.2) is 0 Å². The van der Waals surface area contributed by atoms with Crippen LogP contribution in [0.15, 0.2) is 22.7 Å². The summed E-state index contributed by atoms with van der Waals surface area (Å²) in [6.07, 6.45) is 0.955. The lowest BCUT2D eigenvalue weighted by Crippen LogP contribution is -2.39. The van der Waals surface area contributed by atoms with Gasteiger partial charge in [-0.05, 0) is 39.3 Å². The molecule has 1 aromatic carbocycles. The van der Waals surface area contributed by atoms with Crippen molar-refractivity contribution in [1.82, 2.24) is 10.1 Å². The maximum absolute atomic E-state index is 6.22. The van der Waals surface area contributed by atoms with E-state index in [0.717, 1.165) is 23.1 Å². The molecule has 0 aliphatic carbocycles. The van der Waals surface area contributed by atoms with Gasteiger partial charge in [0, 0.05) is 12.2 Å². The molecule has 2 rings (SSSR count). The minimum atomic E-state index is -0.754. The highest BCUT2D eigenvalue weighted by molar-refractivity contribution is 5.55. The minimum Gasteiger partial charge on any atom is -0.379 e. The zero-order valence-corrected chi connectivity index (χ0v) is 13.1. The van der Waals surface area contributed by atoms with E-state index >= 15 is 0 Å². The molecule has 21 heavy (non-hydrogen) atoms. The summed E-state index contributed by atoms with van der Waals surface area (Å²) in [5, 5.41) is 4.01. The Hall–Kier alpha value is -1.72. The van der Waals surface area contributed by atoms with E-state index in [1.165, 1.54) is 0 Å². The van der Waals surface area contributed by atoms with Crippen LogP contribution in [0.3, 0.4) is 0 Å². The standard InChI is InChI=1S/C16H23N3O2/c1-5-6-20-10-16(4,17)15-18-14(21-19-15)13-8-11(2)7-12(3)9-13/h7-9H,5-6,10,17H2,1-4H3. The summed E-state index contributed by atoms with van der Waals surface area (Å²) in [6.45, 7) is 9.03. The van der Waals surface area contributed by atoms with Gasteiger partial charge in [0.05, 0.1) is 6.61 Å². The van der Waals surface area contributed by atoms with Gasteiger partial charge in [-0.3, -0.25) is 0 Å². The molecular formula is C16H23N3O2. The van der Waals surface area contributed by atoms with Crippen LogP contribution < -0.4 is 5.73 Å². The molecule has 0 radical (unpaired) electrons. The van der Waals surface area contributed by atoms with Crippen LogP contribution in [0.25, 0.3) is 11.5 Å². The van der Waals surface area contributed by atoms with Gasteiger partial charge in [0.25, 0.3) is 5.89 Å². The Bertz CT molecular complexity index is 585. The Morgan fingerprint density at radius 3 is 2.52 bits per heavy atom. The van der Waals surface area contributed by atoms with Gasteiger partial charge in [0.1, 0.15) is 5.54 Å². The van der Waals surface area contributed by atoms with E-state index in [-0.39, 0.29) is 0 Å². The number of hydrogen-bond acceptors (Lipinski definition) is 5. The highest BCUT2D eigenvalue weighted by atomic mass is 16.5. The number of ether oxygens (including phenoxy) is 1. The van der Waals surface area contributed by atoms with Crippen molar-refractivity contribution in [2.45, 2.75) is 39.7 Å². The monoisotopic (exact) mass is 289 g/mol. The van der Waals surface area contributed by atoms with E-state index in [4.69, 9.17) is 15.0 Å². The van der Waals surface area contributed by atoms with Crippen LogP contribution in [0, 0.1) is 13.8 Å². The topological polar surface area (TPSA) is 74.2 Å². The van der Waals surface area contributed by atoms with Crippen LogP contribution in [0.2, 0.25) is 0 Å². The molecule has 0 aliphatic heterocycles. The zero-order valence-electron chi connectivity index (χ0n) is 13.1. The number of aryl methyl sites for hydroxylation is 2. The molecule has 1 unspecified atom stereocenters. The van der Waals surface area contributed by atoms with Gasteiger partial charge in [0.15, 0.2) is 5.82 Å². The number of aromatic nitrogens is 2. The summed E-state index contributed by atoms with van der Waals surface area (Å²) in [5.74, 6) is 0.955. The predicted molar refractivity (Wildman–Crippen MR) is 81.9 cm³/mol. The number of hydrogen-bond donors (Lipinski definition) is 1. The summed E-state index contributed by atoms with van der Waals surface area (Å²) >= 11 is 0. The fourth-order valence-corrected chi connectivity index (χ4v) is 2.16. The van der Waals surface area contributed by atoms with Crippen molar-refractivity contribution in [2.75, 3.05) is 13.2 Å². The highest BCUT2D eigenvalue weighted by Gasteiger charge is 2.28. The van der Waals surface area contributed by atoms with Crippen LogP contribution in [0.4, 0.5) is 0 Å². The Morgan fingerprint density at radius 1 is 1.24 bits per heavy atom. The molecule has 0 spiro atoms. The molecule has 0 saturated heterocycles. The summed E-state index contributed by atoms with van der Waals surface area (Å²) in [4.78, 5) is 4.43. The van der Waals surface area contributed by atoms with Crippen LogP contribution in [0.5, 0.6) is 0 Å². The summed E-state index contributed by atoms with van der Waals surface area (Å²) in [7, 11) is 0. The fourth-order valence-electron chi connectivity index (χ4n) is 2.16. The molecule has 5 nitrogen and oxygen atoms in total. The zero-order chi connectivity index (χ0) is 15.5. The Balaban J connectivity index is 2.20. The maximum atomic E-state index is 6.22. The summed E-state index contributed by atoms with van der Waals surface area (Å²) in [5.41, 5.74) is 8.70. The first kappa shape index (κ1) is 15.7. The molecule has 0 amide bonds. The second kappa shape index (κ2) is 6.37. The van der Waals surface area contributed by atoms with Gasteiger partial charge in [0.2, 0.25) is 0 Å². The molecule has 2 N–H and O–H groups in total. The normalized spacial score (nSPS) is 14.1. The lowest BCUT2D eigenvalue weighted by molar-refractivity contribution is 0.0867. The first-order chi connectivity index (χ1) is 9.92. The first-order valence-electron chi connectivity index (χ1n) is 7.22. The van der Waals surface area contributed by atoms with Crippen molar-refractivity contribution in [3.05, 3.63) is 35.2 Å². The molecule has 5 heteroatoms. The average Bonchev–Trinajstić information content (AvgIpc) is 2.88. The second-order valence-electron chi connectivity index (χ2n) is 5.77. The van der Waals surface area contributed by atoms with Crippen LogP contribution in [0.1, 0.15) is 37.2 Å². The molecular weight excluding hydrogens is 266 g/mol. The van der Waals surface area contributed by atoms with E-state index in [0.29, 0.717) is 24.9 Å². The molecule has 0 saturated carbocycles. The molecule has 1 atom stereocenters. The number of nitrogens with two attached hydrogens (primary N) is 1. The van der Waals surface area contributed by atoms with E-state index in [1.54, 1.807) is 0 Å². The quantitative estimate of drug-likeness (QED) is 0.828. The summed E-state index contributed by atoms with van der Waals surface area (Å²) in [6, 6.07) is 6.14. The first-order valence-corrected chi connectivity index (χ1v) is 7.22. The van der Waals surface area contributed by atoms with Gasteiger partial charge in [-0.2, -0.15) is 4.98 Å². The van der Waals surface area contributed by atoms with Crippen molar-refractivity contribution in [3.63, 3.8) is 0 Å². The van der Waals surface area contributed by atoms with Gasteiger partial charge < -0.3 is 15.0 Å². The molecule has 114 valence electrons. The molecule has 0 fully saturated rings.